The largest absolute Gasteiger partial charge is 0.505 e. The zero-order valence-electron chi connectivity index (χ0n) is 10.1. The molecule has 10 heteroatoms. The van der Waals surface area contributed by atoms with E-state index < -0.39 is 26.5 Å². The van der Waals surface area contributed by atoms with Gasteiger partial charge in [-0.25, -0.2) is 5.90 Å². The van der Waals surface area contributed by atoms with E-state index in [9.17, 15) is 13.5 Å². The molecule has 0 amide bonds. The van der Waals surface area contributed by atoms with E-state index in [4.69, 9.17) is 27.0 Å². The number of fused-ring (bicyclic) bond motifs is 1. The summed E-state index contributed by atoms with van der Waals surface area (Å²) in [6, 6.07) is 4.00. The topological polar surface area (TPSA) is 199 Å². The molecule has 0 bridgehead atoms. The number of hydrogen-bond acceptors (Lipinski definition) is 8. The van der Waals surface area contributed by atoms with Crippen molar-refractivity contribution in [2.24, 2.45) is 5.90 Å². The van der Waals surface area contributed by atoms with Gasteiger partial charge in [-0.15, -0.1) is 0 Å². The molecule has 0 aliphatic carbocycles. The van der Waals surface area contributed by atoms with Crippen molar-refractivity contribution in [3.8, 4) is 5.75 Å². The number of nitrogen functional groups attached to an aromatic ring is 3. The van der Waals surface area contributed by atoms with Crippen molar-refractivity contribution in [2.75, 3.05) is 17.2 Å². The van der Waals surface area contributed by atoms with Gasteiger partial charge in [0.1, 0.15) is 10.6 Å². The maximum Gasteiger partial charge on any atom is 0.296 e. The normalized spacial score (nSPS) is 10.9. The predicted octanol–water partition coefficient (Wildman–Crippen LogP) is -0.127. The van der Waals surface area contributed by atoms with Crippen molar-refractivity contribution in [1.29, 1.82) is 0 Å². The molecule has 0 radical (unpaired) electrons. The molecule has 11 N–H and O–H groups in total. The third-order valence-corrected chi connectivity index (χ3v) is 3.54. The Hall–Kier alpha value is -2.27. The molecular weight excluding hydrogens is 288 g/mol. The lowest BCUT2D eigenvalue weighted by molar-refractivity contribution is 0.311. The van der Waals surface area contributed by atoms with E-state index in [1.165, 1.54) is 12.1 Å². The van der Waals surface area contributed by atoms with Crippen LogP contribution in [0.2, 0.25) is 0 Å². The Morgan fingerprint density at radius 2 is 1.50 bits per heavy atom. The van der Waals surface area contributed by atoms with Gasteiger partial charge in [-0.1, -0.05) is 0 Å². The van der Waals surface area contributed by atoms with Crippen LogP contribution in [-0.4, -0.2) is 23.3 Å². The lowest BCUT2D eigenvalue weighted by atomic mass is 10.1. The highest BCUT2D eigenvalue weighted by Gasteiger charge is 2.20. The Morgan fingerprint density at radius 3 is 2.00 bits per heavy atom. The molecule has 0 unspecified atom stereocenters. The molecular formula is C10H14N4O5S. The van der Waals surface area contributed by atoms with E-state index in [2.05, 4.69) is 5.90 Å². The quantitative estimate of drug-likeness (QED) is 0.162. The van der Waals surface area contributed by atoms with Gasteiger partial charge in [-0.05, 0) is 18.2 Å². The van der Waals surface area contributed by atoms with E-state index in [0.717, 1.165) is 6.07 Å². The summed E-state index contributed by atoms with van der Waals surface area (Å²) in [5, 5.41) is 16.8. The van der Waals surface area contributed by atoms with Crippen molar-refractivity contribution in [1.82, 2.24) is 0 Å². The van der Waals surface area contributed by atoms with E-state index in [-0.39, 0.29) is 22.1 Å². The van der Waals surface area contributed by atoms with Crippen molar-refractivity contribution >= 4 is 38.0 Å². The maximum absolute atomic E-state index is 11.1. The van der Waals surface area contributed by atoms with Crippen molar-refractivity contribution in [2.45, 2.75) is 4.90 Å². The summed E-state index contributed by atoms with van der Waals surface area (Å²) in [6.07, 6.45) is 0. The van der Waals surface area contributed by atoms with E-state index in [0.29, 0.717) is 0 Å². The molecule has 9 nitrogen and oxygen atoms in total. The first-order valence-electron chi connectivity index (χ1n) is 5.06. The lowest BCUT2D eigenvalue weighted by Crippen LogP contribution is -2.05. The average Bonchev–Trinajstić information content (AvgIpc) is 2.39. The van der Waals surface area contributed by atoms with Gasteiger partial charge in [-0.3, -0.25) is 4.55 Å². The van der Waals surface area contributed by atoms with Gasteiger partial charge in [0, 0.05) is 10.8 Å². The van der Waals surface area contributed by atoms with Crippen LogP contribution in [-0.2, 0) is 10.1 Å². The summed E-state index contributed by atoms with van der Waals surface area (Å²) < 4.78 is 31.3. The van der Waals surface area contributed by atoms with Gasteiger partial charge in [0.05, 0.1) is 17.1 Å². The van der Waals surface area contributed by atoms with Crippen LogP contribution in [0.5, 0.6) is 5.75 Å². The third kappa shape index (κ3) is 2.53. The second-order valence-corrected chi connectivity index (χ2v) is 5.17. The molecule has 2 rings (SSSR count). The fourth-order valence-corrected chi connectivity index (χ4v) is 2.34. The summed E-state index contributed by atoms with van der Waals surface area (Å²) in [5.41, 5.74) is 16.6. The summed E-state index contributed by atoms with van der Waals surface area (Å²) in [5.74, 6) is 3.03. The highest BCUT2D eigenvalue weighted by molar-refractivity contribution is 7.86. The molecule has 0 aliphatic heterocycles. The number of rotatable bonds is 1. The van der Waals surface area contributed by atoms with Crippen molar-refractivity contribution in [3.05, 3.63) is 18.2 Å². The Bertz CT molecular complexity index is 760. The fourth-order valence-electron chi connectivity index (χ4n) is 1.70. The summed E-state index contributed by atoms with van der Waals surface area (Å²) in [6.45, 7) is 0. The first-order chi connectivity index (χ1) is 9.23. The zero-order chi connectivity index (χ0) is 15.7. The molecule has 0 aliphatic rings. The standard InChI is InChI=1S/C10H11N3O4S.H3NO/c11-6-2-1-4-5(8(6)12)3-7(18(15,16)17)9(13)10(4)14;1-2/h1-3,14H,11-13H2,(H,15,16,17);2H,1H2. The van der Waals surface area contributed by atoms with Crippen LogP contribution in [0.1, 0.15) is 0 Å². The number of phenolic OH excluding ortho intramolecular Hbond substituents is 1. The minimum Gasteiger partial charge on any atom is -0.505 e. The molecule has 2 aromatic carbocycles. The van der Waals surface area contributed by atoms with Crippen LogP contribution >= 0.6 is 0 Å². The third-order valence-electron chi connectivity index (χ3n) is 2.65. The maximum atomic E-state index is 11.1. The van der Waals surface area contributed by atoms with Crippen LogP contribution < -0.4 is 23.1 Å². The summed E-state index contributed by atoms with van der Waals surface area (Å²) in [4.78, 5) is -0.607. The highest BCUT2D eigenvalue weighted by atomic mass is 32.2. The smallest absolute Gasteiger partial charge is 0.296 e. The summed E-state index contributed by atoms with van der Waals surface area (Å²) >= 11 is 0. The first kappa shape index (κ1) is 15.8. The number of phenols is 1. The van der Waals surface area contributed by atoms with E-state index in [1.54, 1.807) is 0 Å². The number of hydrogen-bond donors (Lipinski definition) is 7. The monoisotopic (exact) mass is 302 g/mol. The fraction of sp³-hybridized carbons (Fsp3) is 0. The van der Waals surface area contributed by atoms with Gasteiger partial charge in [0.25, 0.3) is 10.1 Å². The molecule has 0 fully saturated rings. The van der Waals surface area contributed by atoms with Crippen molar-refractivity contribution in [3.63, 3.8) is 0 Å². The molecule has 0 saturated heterocycles. The number of anilines is 3. The van der Waals surface area contributed by atoms with E-state index >= 15 is 0 Å². The van der Waals surface area contributed by atoms with Crippen LogP contribution in [0.25, 0.3) is 10.8 Å². The molecule has 110 valence electrons. The molecule has 0 saturated carbocycles. The predicted molar refractivity (Wildman–Crippen MR) is 74.6 cm³/mol. The van der Waals surface area contributed by atoms with Crippen LogP contribution in [0.4, 0.5) is 17.1 Å². The van der Waals surface area contributed by atoms with Crippen molar-refractivity contribution < 1.29 is 23.3 Å². The number of nitrogens with two attached hydrogens (primary N) is 4. The Morgan fingerprint density at radius 1 is 0.950 bits per heavy atom. The minimum atomic E-state index is -4.56. The Balaban J connectivity index is 0.000000956. The Kier molecular flexibility index (Phi) is 4.25. The second kappa shape index (κ2) is 5.38. The van der Waals surface area contributed by atoms with Gasteiger partial charge in [-0.2, -0.15) is 8.42 Å². The molecule has 2 aromatic rings. The van der Waals surface area contributed by atoms with E-state index in [1.807, 2.05) is 0 Å². The van der Waals surface area contributed by atoms with Crippen LogP contribution in [0.3, 0.4) is 0 Å². The SMILES string of the molecule is NO.Nc1ccc2c(O)c(N)c(S(=O)(=O)O)cc2c1N. The van der Waals surface area contributed by atoms with Gasteiger partial charge >= 0.3 is 0 Å². The molecule has 20 heavy (non-hydrogen) atoms. The molecule has 0 spiro atoms. The number of benzene rings is 2. The minimum absolute atomic E-state index is 0.104. The lowest BCUT2D eigenvalue weighted by Gasteiger charge is -2.11. The zero-order valence-corrected chi connectivity index (χ0v) is 10.9. The highest BCUT2D eigenvalue weighted by Crippen LogP contribution is 2.39. The average molecular weight is 302 g/mol. The molecule has 0 heterocycles. The van der Waals surface area contributed by atoms with Gasteiger partial charge in [0.2, 0.25) is 0 Å². The Labute approximate surface area is 114 Å². The summed E-state index contributed by atoms with van der Waals surface area (Å²) in [7, 11) is -4.56. The van der Waals surface area contributed by atoms with Crippen LogP contribution in [0.15, 0.2) is 23.1 Å². The molecule has 0 atom stereocenters. The van der Waals surface area contributed by atoms with Gasteiger partial charge < -0.3 is 27.5 Å². The first-order valence-corrected chi connectivity index (χ1v) is 6.50. The van der Waals surface area contributed by atoms with Crippen LogP contribution in [0, 0.1) is 0 Å². The van der Waals surface area contributed by atoms with Gasteiger partial charge in [0.15, 0.2) is 0 Å². The second-order valence-electron chi connectivity index (χ2n) is 3.78. The number of aromatic hydroxyl groups is 1. The molecule has 0 aromatic heterocycles.